The van der Waals surface area contributed by atoms with E-state index in [4.69, 9.17) is 0 Å². The predicted molar refractivity (Wildman–Crippen MR) is 83.7 cm³/mol. The Morgan fingerprint density at radius 1 is 1.27 bits per heavy atom. The maximum atomic E-state index is 14.0. The van der Waals surface area contributed by atoms with Crippen LogP contribution in [0.4, 0.5) is 4.39 Å². The highest BCUT2D eigenvalue weighted by Crippen LogP contribution is 2.39. The van der Waals surface area contributed by atoms with E-state index in [0.717, 1.165) is 25.9 Å². The Kier molecular flexibility index (Phi) is 4.66. The molecule has 2 amide bonds. The fraction of sp³-hybridized carbons (Fsp3) is 0.500. The third-order valence-electron chi connectivity index (χ3n) is 4.16. The molecule has 0 spiro atoms. The molecule has 2 fully saturated rings. The van der Waals surface area contributed by atoms with Gasteiger partial charge in [0.25, 0.3) is 0 Å². The van der Waals surface area contributed by atoms with Gasteiger partial charge in [-0.2, -0.15) is 0 Å². The molecule has 0 bridgehead atoms. The second kappa shape index (κ2) is 6.69. The Balaban J connectivity index is 1.66. The summed E-state index contributed by atoms with van der Waals surface area (Å²) in [6.45, 7) is 2.00. The Hall–Kier alpha value is -1.56. The number of likely N-dealkylation sites (tertiary alicyclic amines) is 1. The molecule has 1 atom stereocenters. The van der Waals surface area contributed by atoms with E-state index in [1.54, 1.807) is 23.1 Å². The van der Waals surface area contributed by atoms with Gasteiger partial charge < -0.3 is 9.80 Å². The minimum atomic E-state index is -0.319. The summed E-state index contributed by atoms with van der Waals surface area (Å²) in [4.78, 5) is 27.7. The Bertz CT molecular complexity index is 575. The first-order chi connectivity index (χ1) is 10.7. The van der Waals surface area contributed by atoms with Crippen molar-refractivity contribution in [3.05, 3.63) is 35.6 Å². The number of hydrogen-bond acceptors (Lipinski definition) is 3. The van der Waals surface area contributed by atoms with Crippen molar-refractivity contribution in [1.82, 2.24) is 9.80 Å². The second-order valence-corrected chi connectivity index (χ2v) is 6.68. The van der Waals surface area contributed by atoms with Gasteiger partial charge >= 0.3 is 0 Å². The van der Waals surface area contributed by atoms with Gasteiger partial charge in [-0.05, 0) is 18.9 Å². The van der Waals surface area contributed by atoms with Gasteiger partial charge in [0, 0.05) is 31.6 Å². The molecule has 4 nitrogen and oxygen atoms in total. The van der Waals surface area contributed by atoms with Crippen molar-refractivity contribution in [3.63, 3.8) is 0 Å². The van der Waals surface area contributed by atoms with E-state index in [1.807, 2.05) is 4.90 Å². The third-order valence-corrected chi connectivity index (χ3v) is 5.40. The standard InChI is InChI=1S/C16H19FN2O2S/c17-13-6-2-1-5-12(13)16-19(15(21)11-22-16)10-7-14(20)18-8-3-4-9-18/h1-2,5-6,16H,3-4,7-11H2/t16-/m1/s1. The average molecular weight is 322 g/mol. The van der Waals surface area contributed by atoms with Crippen molar-refractivity contribution in [2.24, 2.45) is 0 Å². The first-order valence-electron chi connectivity index (χ1n) is 7.60. The Morgan fingerprint density at radius 3 is 2.73 bits per heavy atom. The number of thioether (sulfide) groups is 1. The average Bonchev–Trinajstić information content (AvgIpc) is 3.16. The molecule has 0 aromatic heterocycles. The van der Waals surface area contributed by atoms with E-state index < -0.39 is 0 Å². The number of carbonyl (C=O) groups excluding carboxylic acids is 2. The summed E-state index contributed by atoms with van der Waals surface area (Å²) in [5.74, 6) is 0.115. The highest BCUT2D eigenvalue weighted by Gasteiger charge is 2.34. The van der Waals surface area contributed by atoms with Crippen LogP contribution in [0.1, 0.15) is 30.2 Å². The molecule has 118 valence electrons. The zero-order chi connectivity index (χ0) is 15.5. The lowest BCUT2D eigenvalue weighted by Gasteiger charge is -2.25. The lowest BCUT2D eigenvalue weighted by molar-refractivity contribution is -0.132. The van der Waals surface area contributed by atoms with Gasteiger partial charge in [-0.15, -0.1) is 11.8 Å². The van der Waals surface area contributed by atoms with Crippen molar-refractivity contribution in [2.45, 2.75) is 24.6 Å². The topological polar surface area (TPSA) is 40.6 Å². The minimum Gasteiger partial charge on any atom is -0.343 e. The maximum absolute atomic E-state index is 14.0. The van der Waals surface area contributed by atoms with Crippen LogP contribution in [-0.4, -0.2) is 47.0 Å². The fourth-order valence-corrected chi connectivity index (χ4v) is 4.21. The largest absolute Gasteiger partial charge is 0.343 e. The lowest BCUT2D eigenvalue weighted by atomic mass is 10.2. The van der Waals surface area contributed by atoms with Gasteiger partial charge in [0.05, 0.1) is 5.75 Å². The molecule has 0 N–H and O–H groups in total. The molecule has 2 saturated heterocycles. The van der Waals surface area contributed by atoms with Gasteiger partial charge in [-0.25, -0.2) is 4.39 Å². The van der Waals surface area contributed by atoms with Crippen LogP contribution in [-0.2, 0) is 9.59 Å². The molecular weight excluding hydrogens is 303 g/mol. The number of hydrogen-bond donors (Lipinski definition) is 0. The van der Waals surface area contributed by atoms with Crippen molar-refractivity contribution in [1.29, 1.82) is 0 Å². The molecule has 1 aromatic carbocycles. The van der Waals surface area contributed by atoms with Crippen molar-refractivity contribution in [3.8, 4) is 0 Å². The van der Waals surface area contributed by atoms with E-state index in [9.17, 15) is 14.0 Å². The molecular formula is C16H19FN2O2S. The van der Waals surface area contributed by atoms with Crippen LogP contribution < -0.4 is 0 Å². The Morgan fingerprint density at radius 2 is 2.00 bits per heavy atom. The summed E-state index contributed by atoms with van der Waals surface area (Å²) in [6.07, 6.45) is 2.43. The number of halogens is 1. The molecule has 2 aliphatic heterocycles. The molecule has 0 aliphatic carbocycles. The first-order valence-corrected chi connectivity index (χ1v) is 8.65. The third kappa shape index (κ3) is 3.11. The van der Waals surface area contributed by atoms with Crippen LogP contribution in [0, 0.1) is 5.82 Å². The quantitative estimate of drug-likeness (QED) is 0.855. The summed E-state index contributed by atoms with van der Waals surface area (Å²) >= 11 is 1.42. The number of nitrogens with zero attached hydrogens (tertiary/aromatic N) is 2. The Labute approximate surface area is 133 Å². The summed E-state index contributed by atoms with van der Waals surface area (Å²) in [7, 11) is 0. The molecule has 0 unspecified atom stereocenters. The van der Waals surface area contributed by atoms with Crippen LogP contribution in [0.5, 0.6) is 0 Å². The SMILES string of the molecule is O=C(CCN1C(=O)CS[C@@H]1c1ccccc1F)N1CCCC1. The van der Waals surface area contributed by atoms with Crippen LogP contribution in [0.3, 0.4) is 0 Å². The molecule has 0 saturated carbocycles. The predicted octanol–water partition coefficient (Wildman–Crippen LogP) is 2.41. The van der Waals surface area contributed by atoms with E-state index >= 15 is 0 Å². The number of rotatable bonds is 4. The van der Waals surface area contributed by atoms with Crippen molar-refractivity contribution >= 4 is 23.6 Å². The summed E-state index contributed by atoms with van der Waals surface area (Å²) in [5, 5.41) is -0.319. The molecule has 1 aromatic rings. The lowest BCUT2D eigenvalue weighted by Crippen LogP contribution is -2.35. The van der Waals surface area contributed by atoms with Crippen LogP contribution in [0.2, 0.25) is 0 Å². The molecule has 3 rings (SSSR count). The zero-order valence-electron chi connectivity index (χ0n) is 12.3. The summed E-state index contributed by atoms with van der Waals surface area (Å²) in [6, 6.07) is 6.53. The normalized spacial score (nSPS) is 21.7. The number of carbonyl (C=O) groups is 2. The van der Waals surface area contributed by atoms with Crippen LogP contribution >= 0.6 is 11.8 Å². The van der Waals surface area contributed by atoms with Crippen molar-refractivity contribution < 1.29 is 14.0 Å². The number of amides is 2. The molecule has 2 heterocycles. The van der Waals surface area contributed by atoms with Gasteiger partial charge in [0.1, 0.15) is 11.2 Å². The molecule has 2 aliphatic rings. The van der Waals surface area contributed by atoms with Gasteiger partial charge in [-0.3, -0.25) is 9.59 Å². The molecule has 6 heteroatoms. The van der Waals surface area contributed by atoms with E-state index in [0.29, 0.717) is 24.3 Å². The van der Waals surface area contributed by atoms with Gasteiger partial charge in [0.2, 0.25) is 11.8 Å². The number of benzene rings is 1. The van der Waals surface area contributed by atoms with Crippen LogP contribution in [0.15, 0.2) is 24.3 Å². The van der Waals surface area contributed by atoms with Gasteiger partial charge in [-0.1, -0.05) is 18.2 Å². The molecule has 22 heavy (non-hydrogen) atoms. The second-order valence-electron chi connectivity index (χ2n) is 5.61. The molecule has 0 radical (unpaired) electrons. The zero-order valence-corrected chi connectivity index (χ0v) is 13.2. The van der Waals surface area contributed by atoms with Crippen molar-refractivity contribution in [2.75, 3.05) is 25.4 Å². The van der Waals surface area contributed by atoms with Gasteiger partial charge in [0.15, 0.2) is 0 Å². The van der Waals surface area contributed by atoms with E-state index in [1.165, 1.54) is 17.8 Å². The smallest absolute Gasteiger partial charge is 0.233 e. The summed E-state index contributed by atoms with van der Waals surface area (Å²) in [5.41, 5.74) is 0.520. The minimum absolute atomic E-state index is 0.0209. The van der Waals surface area contributed by atoms with E-state index in [2.05, 4.69) is 0 Å². The van der Waals surface area contributed by atoms with E-state index in [-0.39, 0.29) is 23.0 Å². The fourth-order valence-electron chi connectivity index (χ4n) is 2.97. The first kappa shape index (κ1) is 15.3. The monoisotopic (exact) mass is 322 g/mol. The van der Waals surface area contributed by atoms with Crippen LogP contribution in [0.25, 0.3) is 0 Å². The summed E-state index contributed by atoms with van der Waals surface area (Å²) < 4.78 is 14.0. The highest BCUT2D eigenvalue weighted by molar-refractivity contribution is 8.00. The maximum Gasteiger partial charge on any atom is 0.233 e. The highest BCUT2D eigenvalue weighted by atomic mass is 32.2.